The van der Waals surface area contributed by atoms with Crippen molar-refractivity contribution in [2.45, 2.75) is 12.5 Å². The Morgan fingerprint density at radius 1 is 1.03 bits per heavy atom. The highest BCUT2D eigenvalue weighted by atomic mass is 32.1. The van der Waals surface area contributed by atoms with E-state index in [4.69, 9.17) is 9.47 Å². The van der Waals surface area contributed by atoms with E-state index in [1.54, 1.807) is 58.8 Å². The molecule has 1 aliphatic rings. The molecule has 0 bridgehead atoms. The SMILES string of the molecule is O=C(Cc1csc(NC(=O)c2ccccc2)n1)O[C@@H](C(=O)N1CCOCC1)c1ccccc1. The maximum Gasteiger partial charge on any atom is 0.313 e. The van der Waals surface area contributed by atoms with E-state index < -0.39 is 12.1 Å². The van der Waals surface area contributed by atoms with Crippen LogP contribution in [0, 0.1) is 0 Å². The molecular formula is C24H23N3O5S. The molecular weight excluding hydrogens is 442 g/mol. The van der Waals surface area contributed by atoms with Crippen molar-refractivity contribution in [1.82, 2.24) is 9.88 Å². The number of hydrogen-bond acceptors (Lipinski definition) is 7. The third-order valence-electron chi connectivity index (χ3n) is 5.03. The molecule has 0 saturated carbocycles. The highest BCUT2D eigenvalue weighted by Crippen LogP contribution is 2.23. The molecule has 9 heteroatoms. The number of aromatic nitrogens is 1. The Balaban J connectivity index is 1.40. The number of benzene rings is 2. The molecule has 1 aliphatic heterocycles. The minimum atomic E-state index is -1.03. The summed E-state index contributed by atoms with van der Waals surface area (Å²) >= 11 is 1.22. The van der Waals surface area contributed by atoms with Crippen molar-refractivity contribution in [2.24, 2.45) is 0 Å². The molecule has 3 aromatic rings. The number of esters is 1. The number of anilines is 1. The van der Waals surface area contributed by atoms with Crippen LogP contribution in [0.2, 0.25) is 0 Å². The van der Waals surface area contributed by atoms with Crippen LogP contribution in [0.4, 0.5) is 5.13 Å². The predicted molar refractivity (Wildman–Crippen MR) is 123 cm³/mol. The Hall–Kier alpha value is -3.56. The summed E-state index contributed by atoms with van der Waals surface area (Å²) in [5.74, 6) is -1.12. The van der Waals surface area contributed by atoms with E-state index >= 15 is 0 Å². The summed E-state index contributed by atoms with van der Waals surface area (Å²) in [5, 5.41) is 4.79. The van der Waals surface area contributed by atoms with Crippen molar-refractivity contribution in [3.05, 3.63) is 82.9 Å². The Morgan fingerprint density at radius 3 is 2.39 bits per heavy atom. The number of thiazole rings is 1. The Kier molecular flexibility index (Phi) is 7.43. The van der Waals surface area contributed by atoms with Gasteiger partial charge in [-0.2, -0.15) is 0 Å². The summed E-state index contributed by atoms with van der Waals surface area (Å²) in [5.41, 5.74) is 1.58. The molecule has 33 heavy (non-hydrogen) atoms. The standard InChI is InChI=1S/C24H23N3O5S/c28-20(15-19-16-33-24(25-19)26-22(29)18-9-5-2-6-10-18)32-21(17-7-3-1-4-8-17)23(30)27-11-13-31-14-12-27/h1-10,16,21H,11-15H2,(H,25,26,29)/t21-/m1/s1. The first-order valence-electron chi connectivity index (χ1n) is 10.5. The van der Waals surface area contributed by atoms with Crippen LogP contribution >= 0.6 is 11.3 Å². The van der Waals surface area contributed by atoms with E-state index in [2.05, 4.69) is 10.3 Å². The van der Waals surface area contributed by atoms with Crippen LogP contribution < -0.4 is 5.32 Å². The zero-order chi connectivity index (χ0) is 23.0. The lowest BCUT2D eigenvalue weighted by molar-refractivity contribution is -0.162. The van der Waals surface area contributed by atoms with Gasteiger partial charge in [0.2, 0.25) is 6.10 Å². The van der Waals surface area contributed by atoms with Gasteiger partial charge >= 0.3 is 5.97 Å². The lowest BCUT2D eigenvalue weighted by atomic mass is 10.1. The van der Waals surface area contributed by atoms with Gasteiger partial charge in [0.1, 0.15) is 0 Å². The molecule has 1 atom stereocenters. The van der Waals surface area contributed by atoms with Gasteiger partial charge in [-0.05, 0) is 12.1 Å². The summed E-state index contributed by atoms with van der Waals surface area (Å²) in [6.07, 6.45) is -1.15. The largest absolute Gasteiger partial charge is 0.447 e. The maximum atomic E-state index is 13.1. The summed E-state index contributed by atoms with van der Waals surface area (Å²) in [6, 6.07) is 17.7. The second-order valence-electron chi connectivity index (χ2n) is 7.36. The number of nitrogens with zero attached hydrogens (tertiary/aromatic N) is 2. The fourth-order valence-corrected chi connectivity index (χ4v) is 4.07. The van der Waals surface area contributed by atoms with Crippen LogP contribution in [-0.2, 0) is 25.5 Å². The second kappa shape index (κ2) is 10.8. The molecule has 2 amide bonds. The van der Waals surface area contributed by atoms with Gasteiger partial charge in [0.15, 0.2) is 5.13 Å². The number of nitrogens with one attached hydrogen (secondary N) is 1. The quantitative estimate of drug-likeness (QED) is 0.539. The number of carbonyl (C=O) groups excluding carboxylic acids is 3. The molecule has 0 aliphatic carbocycles. The van der Waals surface area contributed by atoms with Crippen molar-refractivity contribution in [3.63, 3.8) is 0 Å². The fourth-order valence-electron chi connectivity index (χ4n) is 3.36. The van der Waals surface area contributed by atoms with Crippen LogP contribution in [-0.4, -0.2) is 54.0 Å². The summed E-state index contributed by atoms with van der Waals surface area (Å²) in [4.78, 5) is 44.0. The molecule has 2 aromatic carbocycles. The topological polar surface area (TPSA) is 97.8 Å². The fraction of sp³-hybridized carbons (Fsp3) is 0.250. The first kappa shape index (κ1) is 22.6. The number of hydrogen-bond donors (Lipinski definition) is 1. The van der Waals surface area contributed by atoms with Gasteiger partial charge in [0.25, 0.3) is 11.8 Å². The predicted octanol–water partition coefficient (Wildman–Crippen LogP) is 3.08. The van der Waals surface area contributed by atoms with Crippen molar-refractivity contribution >= 4 is 34.3 Å². The van der Waals surface area contributed by atoms with Gasteiger partial charge < -0.3 is 14.4 Å². The molecule has 0 radical (unpaired) electrons. The van der Waals surface area contributed by atoms with Gasteiger partial charge in [0, 0.05) is 29.6 Å². The number of carbonyl (C=O) groups is 3. The maximum absolute atomic E-state index is 13.1. The lowest BCUT2D eigenvalue weighted by Gasteiger charge is -2.30. The minimum Gasteiger partial charge on any atom is -0.447 e. The first-order chi connectivity index (χ1) is 16.1. The molecule has 1 aromatic heterocycles. The highest BCUT2D eigenvalue weighted by Gasteiger charge is 2.30. The van der Waals surface area contributed by atoms with Crippen molar-refractivity contribution in [2.75, 3.05) is 31.6 Å². The highest BCUT2D eigenvalue weighted by molar-refractivity contribution is 7.14. The Morgan fingerprint density at radius 2 is 1.70 bits per heavy atom. The first-order valence-corrected chi connectivity index (χ1v) is 11.4. The van der Waals surface area contributed by atoms with Gasteiger partial charge in [-0.1, -0.05) is 48.5 Å². The van der Waals surface area contributed by atoms with Crippen molar-refractivity contribution in [1.29, 1.82) is 0 Å². The molecule has 170 valence electrons. The molecule has 1 saturated heterocycles. The Bertz CT molecular complexity index is 1100. The van der Waals surface area contributed by atoms with Crippen LogP contribution in [0.15, 0.2) is 66.0 Å². The lowest BCUT2D eigenvalue weighted by Crippen LogP contribution is -2.44. The normalized spacial score (nSPS) is 14.4. The van der Waals surface area contributed by atoms with E-state index in [-0.39, 0.29) is 18.2 Å². The summed E-state index contributed by atoms with van der Waals surface area (Å²) in [6.45, 7) is 1.82. The van der Waals surface area contributed by atoms with Gasteiger partial charge in [-0.15, -0.1) is 11.3 Å². The zero-order valence-electron chi connectivity index (χ0n) is 17.8. The molecule has 4 rings (SSSR count). The second-order valence-corrected chi connectivity index (χ2v) is 8.22. The van der Waals surface area contributed by atoms with E-state index in [0.717, 1.165) is 0 Å². The van der Waals surface area contributed by atoms with Crippen molar-refractivity contribution in [3.8, 4) is 0 Å². The third-order valence-corrected chi connectivity index (χ3v) is 5.84. The monoisotopic (exact) mass is 465 g/mol. The molecule has 0 unspecified atom stereocenters. The van der Waals surface area contributed by atoms with Gasteiger partial charge in [-0.25, -0.2) is 4.98 Å². The Labute approximate surface area is 195 Å². The number of rotatable bonds is 7. The molecule has 8 nitrogen and oxygen atoms in total. The average molecular weight is 466 g/mol. The minimum absolute atomic E-state index is 0.114. The van der Waals surface area contributed by atoms with Crippen molar-refractivity contribution < 1.29 is 23.9 Å². The zero-order valence-corrected chi connectivity index (χ0v) is 18.6. The van der Waals surface area contributed by atoms with Crippen LogP contribution in [0.25, 0.3) is 0 Å². The van der Waals surface area contributed by atoms with E-state index in [1.807, 2.05) is 12.1 Å². The van der Waals surface area contributed by atoms with Crippen LogP contribution in [0.5, 0.6) is 0 Å². The molecule has 1 fully saturated rings. The molecule has 2 heterocycles. The molecule has 1 N–H and O–H groups in total. The number of ether oxygens (including phenoxy) is 2. The van der Waals surface area contributed by atoms with E-state index in [0.29, 0.717) is 48.3 Å². The third kappa shape index (κ3) is 6.03. The smallest absolute Gasteiger partial charge is 0.313 e. The van der Waals surface area contributed by atoms with Crippen LogP contribution in [0.1, 0.15) is 27.7 Å². The number of morpholine rings is 1. The van der Waals surface area contributed by atoms with E-state index in [9.17, 15) is 14.4 Å². The summed E-state index contributed by atoms with van der Waals surface area (Å²) < 4.78 is 10.9. The number of amides is 2. The van der Waals surface area contributed by atoms with Crippen LogP contribution in [0.3, 0.4) is 0 Å². The molecule has 0 spiro atoms. The average Bonchev–Trinajstić information content (AvgIpc) is 3.30. The van der Waals surface area contributed by atoms with Gasteiger partial charge in [0.05, 0.1) is 25.3 Å². The summed E-state index contributed by atoms with van der Waals surface area (Å²) in [7, 11) is 0. The van der Waals surface area contributed by atoms with Gasteiger partial charge in [-0.3, -0.25) is 19.7 Å². The van der Waals surface area contributed by atoms with E-state index in [1.165, 1.54) is 11.3 Å².